The minimum Gasteiger partial charge on any atom is -0.456 e. The number of benzene rings is 2. The average Bonchev–Trinajstić information content (AvgIpc) is 3.59. The maximum Gasteiger partial charge on any atom is 0.300 e. The third-order valence-corrected chi connectivity index (χ3v) is 7.86. The summed E-state index contributed by atoms with van der Waals surface area (Å²) in [4.78, 5) is 28.5. The van der Waals surface area contributed by atoms with Crippen molar-refractivity contribution in [3.63, 3.8) is 0 Å². The van der Waals surface area contributed by atoms with Crippen molar-refractivity contribution in [3.05, 3.63) is 89.7 Å². The van der Waals surface area contributed by atoms with Crippen LogP contribution in [0.25, 0.3) is 31.9 Å². The zero-order valence-corrected chi connectivity index (χ0v) is 24.0. The first-order valence-corrected chi connectivity index (χ1v) is 14.3. The van der Waals surface area contributed by atoms with Crippen LogP contribution < -0.4 is 10.1 Å². The van der Waals surface area contributed by atoms with E-state index in [9.17, 15) is 4.79 Å². The lowest BCUT2D eigenvalue weighted by molar-refractivity contribution is -0.129. The Balaban J connectivity index is 1.21. The van der Waals surface area contributed by atoms with Crippen LogP contribution in [-0.2, 0) is 11.3 Å². The molecule has 2 aromatic carbocycles. The number of nitrogens with one attached hydrogen (secondary N) is 1. The van der Waals surface area contributed by atoms with Gasteiger partial charge in [-0.2, -0.15) is 4.98 Å². The predicted octanol–water partition coefficient (Wildman–Crippen LogP) is 8.45. The lowest BCUT2D eigenvalue weighted by Gasteiger charge is -2.20. The molecule has 0 bridgehead atoms. The molecular weight excluding hydrogens is 558 g/mol. The Morgan fingerprint density at radius 1 is 1.05 bits per heavy atom. The minimum atomic E-state index is 0.0665. The topological polar surface area (TPSA) is 93.4 Å². The van der Waals surface area contributed by atoms with Crippen molar-refractivity contribution in [2.45, 2.75) is 26.8 Å². The van der Waals surface area contributed by atoms with Gasteiger partial charge in [0.2, 0.25) is 5.91 Å². The summed E-state index contributed by atoms with van der Waals surface area (Å²) in [7, 11) is 0. The van der Waals surface area contributed by atoms with E-state index >= 15 is 0 Å². The monoisotopic (exact) mass is 583 g/mol. The highest BCUT2D eigenvalue weighted by Crippen LogP contribution is 2.39. The molecule has 4 heterocycles. The number of anilines is 2. The van der Waals surface area contributed by atoms with Gasteiger partial charge in [-0.3, -0.25) is 14.8 Å². The van der Waals surface area contributed by atoms with Crippen LogP contribution in [0.5, 0.6) is 11.5 Å². The zero-order chi connectivity index (χ0) is 28.3. The van der Waals surface area contributed by atoms with Crippen molar-refractivity contribution < 1.29 is 13.9 Å². The van der Waals surface area contributed by atoms with E-state index in [0.29, 0.717) is 40.2 Å². The third-order valence-electron chi connectivity index (χ3n) is 6.45. The Hall–Kier alpha value is -4.47. The molecule has 41 heavy (non-hydrogen) atoms. The largest absolute Gasteiger partial charge is 0.456 e. The van der Waals surface area contributed by atoms with Gasteiger partial charge in [0.15, 0.2) is 5.58 Å². The molecule has 1 amide bonds. The number of thiophene rings is 1. The van der Waals surface area contributed by atoms with Crippen molar-refractivity contribution in [2.75, 3.05) is 11.9 Å². The first kappa shape index (κ1) is 26.7. The highest BCUT2D eigenvalue weighted by molar-refractivity contribution is 7.22. The van der Waals surface area contributed by atoms with E-state index in [-0.39, 0.29) is 5.91 Å². The van der Waals surface area contributed by atoms with Gasteiger partial charge in [0.25, 0.3) is 6.01 Å². The molecule has 0 atom stereocenters. The van der Waals surface area contributed by atoms with Crippen LogP contribution in [0.2, 0.25) is 5.02 Å². The molecule has 6 aromatic rings. The van der Waals surface area contributed by atoms with Crippen LogP contribution >= 0.6 is 22.9 Å². The lowest BCUT2D eigenvalue weighted by Crippen LogP contribution is -2.28. The Morgan fingerprint density at radius 2 is 1.90 bits per heavy atom. The first-order valence-electron chi connectivity index (χ1n) is 13.2. The molecule has 1 N–H and O–H groups in total. The van der Waals surface area contributed by atoms with Crippen molar-refractivity contribution in [2.24, 2.45) is 0 Å². The minimum absolute atomic E-state index is 0.0665. The molecule has 6 rings (SSSR count). The van der Waals surface area contributed by atoms with E-state index in [1.165, 1.54) is 0 Å². The fourth-order valence-corrected chi connectivity index (χ4v) is 5.60. The Morgan fingerprint density at radius 3 is 2.66 bits per heavy atom. The highest BCUT2D eigenvalue weighted by atomic mass is 35.5. The standard InChI is InChI=1S/C31H26ClN5O3S/c1-3-14-37(19(2)38)18-20-4-10-24(34-17-20)29-16-26-30(41-29)28(12-13-33-26)39-23-9-11-27-25(15-23)36-31(40-27)35-22-7-5-21(32)6-8-22/h4-13,15-17H,3,14,18H2,1-2H3,(H,35,36). The predicted molar refractivity (Wildman–Crippen MR) is 163 cm³/mol. The maximum absolute atomic E-state index is 11.9. The molecule has 0 unspecified atom stereocenters. The maximum atomic E-state index is 11.9. The van der Waals surface area contributed by atoms with Crippen LogP contribution in [0.1, 0.15) is 25.8 Å². The quantitative estimate of drug-likeness (QED) is 0.182. The lowest BCUT2D eigenvalue weighted by atomic mass is 10.2. The Labute approximate surface area is 245 Å². The number of hydrogen-bond acceptors (Lipinski definition) is 8. The number of halogens is 1. The summed E-state index contributed by atoms with van der Waals surface area (Å²) in [6.07, 6.45) is 4.48. The second-order valence-electron chi connectivity index (χ2n) is 9.51. The van der Waals surface area contributed by atoms with Crippen molar-refractivity contribution in [1.82, 2.24) is 19.9 Å². The summed E-state index contributed by atoms with van der Waals surface area (Å²) < 4.78 is 13.1. The van der Waals surface area contributed by atoms with Crippen molar-refractivity contribution in [3.8, 4) is 22.1 Å². The number of amides is 1. The number of aromatic nitrogens is 3. The van der Waals surface area contributed by atoms with Gasteiger partial charge in [-0.05, 0) is 60.5 Å². The van der Waals surface area contributed by atoms with Crippen LogP contribution in [0.15, 0.2) is 83.5 Å². The average molecular weight is 584 g/mol. The SMILES string of the molecule is CCCN(Cc1ccc(-c2cc3nccc(Oc4ccc5oc(Nc6ccc(Cl)cc6)nc5c4)c3s2)nc1)C(C)=O. The molecule has 0 spiro atoms. The molecule has 0 fully saturated rings. The zero-order valence-electron chi connectivity index (χ0n) is 22.4. The first-order chi connectivity index (χ1) is 19.9. The fraction of sp³-hybridized carbons (Fsp3) is 0.161. The fourth-order valence-electron chi connectivity index (χ4n) is 4.43. The van der Waals surface area contributed by atoms with Gasteiger partial charge in [0.1, 0.15) is 17.0 Å². The third kappa shape index (κ3) is 6.01. The summed E-state index contributed by atoms with van der Waals surface area (Å²) >= 11 is 7.54. The molecule has 8 nitrogen and oxygen atoms in total. The second kappa shape index (κ2) is 11.6. The number of pyridine rings is 2. The number of nitrogens with zero attached hydrogens (tertiary/aromatic N) is 4. The van der Waals surface area contributed by atoms with Crippen LogP contribution in [0.3, 0.4) is 0 Å². The highest BCUT2D eigenvalue weighted by Gasteiger charge is 2.14. The molecule has 0 saturated heterocycles. The van der Waals surface area contributed by atoms with Crippen LogP contribution in [0.4, 0.5) is 11.7 Å². The van der Waals surface area contributed by atoms with Gasteiger partial charge in [-0.25, -0.2) is 0 Å². The number of ether oxygens (including phenoxy) is 1. The normalized spacial score (nSPS) is 11.2. The van der Waals surface area contributed by atoms with E-state index in [2.05, 4.69) is 27.2 Å². The molecule has 206 valence electrons. The van der Waals surface area contributed by atoms with E-state index in [4.69, 9.17) is 20.8 Å². The van der Waals surface area contributed by atoms with Gasteiger partial charge in [-0.15, -0.1) is 11.3 Å². The number of carbonyl (C=O) groups is 1. The summed E-state index contributed by atoms with van der Waals surface area (Å²) in [5.74, 6) is 1.40. The van der Waals surface area contributed by atoms with Gasteiger partial charge >= 0.3 is 0 Å². The molecule has 10 heteroatoms. The number of oxazole rings is 1. The Bertz CT molecular complexity index is 1830. The van der Waals surface area contributed by atoms with Gasteiger partial charge in [0, 0.05) is 55.2 Å². The number of fused-ring (bicyclic) bond motifs is 2. The number of hydrogen-bond donors (Lipinski definition) is 1. The van der Waals surface area contributed by atoms with E-state index < -0.39 is 0 Å². The Kier molecular flexibility index (Phi) is 7.54. The smallest absolute Gasteiger partial charge is 0.300 e. The van der Waals surface area contributed by atoms with E-state index in [1.807, 2.05) is 65.7 Å². The summed E-state index contributed by atoms with van der Waals surface area (Å²) in [6.45, 7) is 4.95. The van der Waals surface area contributed by atoms with Gasteiger partial charge < -0.3 is 19.4 Å². The van der Waals surface area contributed by atoms with E-state index in [1.54, 1.807) is 36.6 Å². The number of carbonyl (C=O) groups excluding carboxylic acids is 1. The second-order valence-corrected chi connectivity index (χ2v) is 11.0. The molecule has 0 aliphatic carbocycles. The molecule has 4 aromatic heterocycles. The van der Waals surface area contributed by atoms with Gasteiger partial charge in [0.05, 0.1) is 20.8 Å². The summed E-state index contributed by atoms with van der Waals surface area (Å²) in [6, 6.07) is 21.1. The summed E-state index contributed by atoms with van der Waals surface area (Å²) in [5.41, 5.74) is 4.80. The number of rotatable bonds is 9. The van der Waals surface area contributed by atoms with Crippen LogP contribution in [0, 0.1) is 0 Å². The molecular formula is C31H26ClN5O3S. The molecule has 0 radical (unpaired) electrons. The van der Waals surface area contributed by atoms with E-state index in [0.717, 1.165) is 45.0 Å². The van der Waals surface area contributed by atoms with Gasteiger partial charge in [-0.1, -0.05) is 24.6 Å². The molecule has 0 aliphatic rings. The van der Waals surface area contributed by atoms with Crippen LogP contribution in [-0.4, -0.2) is 32.3 Å². The molecule has 0 aliphatic heterocycles. The van der Waals surface area contributed by atoms with Crippen molar-refractivity contribution in [1.29, 1.82) is 0 Å². The molecule has 0 saturated carbocycles. The summed E-state index contributed by atoms with van der Waals surface area (Å²) in [5, 5.41) is 3.81. The van der Waals surface area contributed by atoms with Crippen molar-refractivity contribution >= 4 is 61.9 Å².